The molecule has 0 spiro atoms. The lowest BCUT2D eigenvalue weighted by molar-refractivity contribution is -0.132. The Labute approximate surface area is 183 Å². The number of hydrogen-bond donors (Lipinski definition) is 2. The molecule has 162 valence electrons. The van der Waals surface area contributed by atoms with E-state index in [4.69, 9.17) is 27.3 Å². The molecular weight excluding hydrogens is 422 g/mol. The minimum absolute atomic E-state index is 0.0149. The smallest absolute Gasteiger partial charge is 0.244 e. The van der Waals surface area contributed by atoms with E-state index < -0.39 is 0 Å². The summed E-state index contributed by atoms with van der Waals surface area (Å²) in [7, 11) is 1.58. The number of piperazine rings is 1. The SMILES string of the molecule is COc1cc(N2CCN(C(=O)Cn3nc(/C(N)=N/O)c4cccnc43)CC2)ccc1Cl. The van der Waals surface area contributed by atoms with E-state index >= 15 is 0 Å². The molecule has 0 atom stereocenters. The zero-order chi connectivity index (χ0) is 22.0. The summed E-state index contributed by atoms with van der Waals surface area (Å²) in [5.41, 5.74) is 7.52. The van der Waals surface area contributed by atoms with E-state index in [2.05, 4.69) is 20.1 Å². The number of nitrogens with two attached hydrogens (primary N) is 1. The summed E-state index contributed by atoms with van der Waals surface area (Å²) in [6.07, 6.45) is 1.61. The standard InChI is InChI=1S/C20H22ClN7O3/c1-31-16-11-13(4-5-15(16)21)26-7-9-27(10-8-26)17(29)12-28-20-14(3-2-6-23-20)18(24-28)19(22)25-30/h2-6,11,30H,7-10,12H2,1H3,(H2,22,25). The molecule has 0 saturated carbocycles. The highest BCUT2D eigenvalue weighted by atomic mass is 35.5. The van der Waals surface area contributed by atoms with Gasteiger partial charge in [0.2, 0.25) is 5.91 Å². The van der Waals surface area contributed by atoms with E-state index in [1.54, 1.807) is 30.3 Å². The van der Waals surface area contributed by atoms with Gasteiger partial charge in [-0.1, -0.05) is 16.8 Å². The van der Waals surface area contributed by atoms with Gasteiger partial charge in [-0.15, -0.1) is 0 Å². The average molecular weight is 444 g/mol. The van der Waals surface area contributed by atoms with Gasteiger partial charge in [0.15, 0.2) is 11.5 Å². The van der Waals surface area contributed by atoms with Gasteiger partial charge < -0.3 is 25.5 Å². The van der Waals surface area contributed by atoms with E-state index in [9.17, 15) is 4.79 Å². The molecule has 10 nitrogen and oxygen atoms in total. The summed E-state index contributed by atoms with van der Waals surface area (Å²) in [5, 5.41) is 17.5. The highest BCUT2D eigenvalue weighted by Gasteiger charge is 2.24. The van der Waals surface area contributed by atoms with E-state index in [-0.39, 0.29) is 18.3 Å². The number of nitrogens with zero attached hydrogens (tertiary/aromatic N) is 6. The Balaban J connectivity index is 1.45. The first-order valence-electron chi connectivity index (χ1n) is 9.67. The van der Waals surface area contributed by atoms with Crippen LogP contribution in [0.3, 0.4) is 0 Å². The molecule has 2 aromatic heterocycles. The summed E-state index contributed by atoms with van der Waals surface area (Å²) in [6, 6.07) is 9.15. The van der Waals surface area contributed by atoms with Crippen LogP contribution >= 0.6 is 11.6 Å². The van der Waals surface area contributed by atoms with Gasteiger partial charge in [-0.2, -0.15) is 5.10 Å². The largest absolute Gasteiger partial charge is 0.495 e. The zero-order valence-electron chi connectivity index (χ0n) is 16.9. The molecule has 1 fully saturated rings. The molecule has 0 radical (unpaired) electrons. The van der Waals surface area contributed by atoms with Crippen molar-refractivity contribution < 1.29 is 14.7 Å². The van der Waals surface area contributed by atoms with Gasteiger partial charge in [-0.3, -0.25) is 4.79 Å². The molecule has 3 heterocycles. The molecule has 31 heavy (non-hydrogen) atoms. The number of carbonyl (C=O) groups excluding carboxylic acids is 1. The van der Waals surface area contributed by atoms with Crippen molar-refractivity contribution in [2.75, 3.05) is 38.2 Å². The Morgan fingerprint density at radius 2 is 2.06 bits per heavy atom. The Morgan fingerprint density at radius 1 is 1.29 bits per heavy atom. The summed E-state index contributed by atoms with van der Waals surface area (Å²) in [6.45, 7) is 2.53. The number of oxime groups is 1. The van der Waals surface area contributed by atoms with Gasteiger partial charge >= 0.3 is 0 Å². The van der Waals surface area contributed by atoms with Crippen molar-refractivity contribution in [1.82, 2.24) is 19.7 Å². The fourth-order valence-electron chi connectivity index (χ4n) is 3.64. The Kier molecular flexibility index (Phi) is 5.81. The number of methoxy groups -OCH3 is 1. The van der Waals surface area contributed by atoms with E-state index in [0.29, 0.717) is 53.7 Å². The minimum Gasteiger partial charge on any atom is -0.495 e. The molecule has 0 bridgehead atoms. The van der Waals surface area contributed by atoms with Crippen molar-refractivity contribution in [2.45, 2.75) is 6.54 Å². The number of halogens is 1. The van der Waals surface area contributed by atoms with Crippen LogP contribution in [0.5, 0.6) is 5.75 Å². The van der Waals surface area contributed by atoms with Gasteiger partial charge in [0, 0.05) is 44.1 Å². The third-order valence-corrected chi connectivity index (χ3v) is 5.59. The predicted molar refractivity (Wildman–Crippen MR) is 117 cm³/mol. The van der Waals surface area contributed by atoms with Crippen molar-refractivity contribution in [2.24, 2.45) is 10.9 Å². The molecule has 1 amide bonds. The van der Waals surface area contributed by atoms with Crippen molar-refractivity contribution in [3.63, 3.8) is 0 Å². The van der Waals surface area contributed by atoms with Crippen LogP contribution < -0.4 is 15.4 Å². The van der Waals surface area contributed by atoms with Crippen LogP contribution in [0.25, 0.3) is 11.0 Å². The monoisotopic (exact) mass is 443 g/mol. The number of pyridine rings is 1. The van der Waals surface area contributed by atoms with Crippen molar-refractivity contribution in [3.8, 4) is 5.75 Å². The second kappa shape index (κ2) is 8.68. The average Bonchev–Trinajstić information content (AvgIpc) is 3.17. The van der Waals surface area contributed by atoms with Gasteiger partial charge in [0.05, 0.1) is 17.5 Å². The lowest BCUT2D eigenvalue weighted by Gasteiger charge is -2.36. The third kappa shape index (κ3) is 4.06. The molecule has 3 N–H and O–H groups in total. The summed E-state index contributed by atoms with van der Waals surface area (Å²) >= 11 is 6.11. The maximum Gasteiger partial charge on any atom is 0.244 e. The first kappa shape index (κ1) is 20.7. The number of carbonyl (C=O) groups is 1. The van der Waals surface area contributed by atoms with Gasteiger partial charge in [-0.25, -0.2) is 9.67 Å². The van der Waals surface area contributed by atoms with Crippen molar-refractivity contribution in [1.29, 1.82) is 0 Å². The minimum atomic E-state index is -0.129. The summed E-state index contributed by atoms with van der Waals surface area (Å²) < 4.78 is 6.78. The van der Waals surface area contributed by atoms with Crippen LogP contribution in [0.2, 0.25) is 5.02 Å². The number of amidine groups is 1. The Morgan fingerprint density at radius 3 is 2.77 bits per heavy atom. The van der Waals surface area contributed by atoms with Crippen LogP contribution in [-0.4, -0.2) is 69.9 Å². The topological polar surface area (TPSA) is 122 Å². The number of rotatable bonds is 5. The van der Waals surface area contributed by atoms with Crippen molar-refractivity contribution >= 4 is 40.1 Å². The second-order valence-electron chi connectivity index (χ2n) is 7.05. The number of aromatic nitrogens is 3. The lowest BCUT2D eigenvalue weighted by Crippen LogP contribution is -2.49. The maximum atomic E-state index is 12.9. The van der Waals surface area contributed by atoms with Crippen LogP contribution in [0.4, 0.5) is 5.69 Å². The quantitative estimate of drug-likeness (QED) is 0.265. The fraction of sp³-hybridized carbons (Fsp3) is 0.300. The highest BCUT2D eigenvalue weighted by Crippen LogP contribution is 2.29. The van der Waals surface area contributed by atoms with Gasteiger partial charge in [0.25, 0.3) is 0 Å². The zero-order valence-corrected chi connectivity index (χ0v) is 17.7. The molecule has 1 saturated heterocycles. The molecule has 1 aliphatic heterocycles. The number of hydrogen-bond acceptors (Lipinski definition) is 7. The lowest BCUT2D eigenvalue weighted by atomic mass is 10.2. The Hall–Kier alpha value is -3.53. The van der Waals surface area contributed by atoms with Gasteiger partial charge in [0.1, 0.15) is 18.0 Å². The molecular formula is C20H22ClN7O3. The molecule has 4 rings (SSSR count). The molecule has 11 heteroatoms. The van der Waals surface area contributed by atoms with Crippen LogP contribution in [0, 0.1) is 0 Å². The van der Waals surface area contributed by atoms with Crippen LogP contribution in [0.1, 0.15) is 5.69 Å². The number of anilines is 1. The summed E-state index contributed by atoms with van der Waals surface area (Å²) in [4.78, 5) is 21.2. The molecule has 0 unspecified atom stereocenters. The predicted octanol–water partition coefficient (Wildman–Crippen LogP) is 1.54. The molecule has 1 aromatic carbocycles. The van der Waals surface area contributed by atoms with E-state index in [1.807, 2.05) is 18.2 Å². The van der Waals surface area contributed by atoms with Crippen LogP contribution in [-0.2, 0) is 11.3 Å². The number of fused-ring (bicyclic) bond motifs is 1. The van der Waals surface area contributed by atoms with Gasteiger partial charge in [-0.05, 0) is 24.3 Å². The number of amides is 1. The maximum absolute atomic E-state index is 12.9. The molecule has 3 aromatic rings. The summed E-state index contributed by atoms with van der Waals surface area (Å²) in [5.74, 6) is 0.419. The fourth-order valence-corrected chi connectivity index (χ4v) is 3.84. The van der Waals surface area contributed by atoms with Crippen LogP contribution in [0.15, 0.2) is 41.7 Å². The first-order valence-corrected chi connectivity index (χ1v) is 10.1. The normalized spacial score (nSPS) is 14.8. The highest BCUT2D eigenvalue weighted by molar-refractivity contribution is 6.32. The van der Waals surface area contributed by atoms with Crippen molar-refractivity contribution in [3.05, 3.63) is 47.2 Å². The number of benzene rings is 1. The molecule has 1 aliphatic rings. The second-order valence-corrected chi connectivity index (χ2v) is 7.46. The third-order valence-electron chi connectivity index (χ3n) is 5.27. The first-order chi connectivity index (χ1) is 15.0. The molecule has 0 aliphatic carbocycles. The number of ether oxygens (including phenoxy) is 1. The van der Waals surface area contributed by atoms with E-state index in [0.717, 1.165) is 5.69 Å². The Bertz CT molecular complexity index is 1140. The van der Waals surface area contributed by atoms with E-state index in [1.165, 1.54) is 4.68 Å².